The van der Waals surface area contributed by atoms with Crippen LogP contribution in [0.4, 0.5) is 0 Å². The Bertz CT molecular complexity index is 302. The summed E-state index contributed by atoms with van der Waals surface area (Å²) in [5, 5.41) is 3.08. The van der Waals surface area contributed by atoms with E-state index in [-0.39, 0.29) is 17.6 Å². The fraction of sp³-hybridized carbons (Fsp3) is 0.929. The van der Waals surface area contributed by atoms with Gasteiger partial charge in [-0.15, -0.1) is 0 Å². The van der Waals surface area contributed by atoms with Crippen LogP contribution in [0, 0.1) is 0 Å². The summed E-state index contributed by atoms with van der Waals surface area (Å²) in [6.07, 6.45) is 3.45. The molecule has 0 aromatic rings. The van der Waals surface area contributed by atoms with E-state index in [4.69, 9.17) is 15.2 Å². The second kappa shape index (κ2) is 6.68. The average Bonchev–Trinajstić information content (AvgIpc) is 2.33. The molecule has 1 rings (SSSR count). The van der Waals surface area contributed by atoms with E-state index in [9.17, 15) is 4.79 Å². The number of likely N-dealkylation sites (N-methyl/N-ethyl adjacent to an activating group) is 1. The number of carbonyl (C=O) groups excluding carboxylic acids is 1. The summed E-state index contributed by atoms with van der Waals surface area (Å²) < 4.78 is 11.4. The van der Waals surface area contributed by atoms with E-state index >= 15 is 0 Å². The quantitative estimate of drug-likeness (QED) is 0.713. The molecule has 0 aliphatic heterocycles. The monoisotopic (exact) mass is 272 g/mol. The van der Waals surface area contributed by atoms with Crippen LogP contribution in [0.2, 0.25) is 0 Å². The highest BCUT2D eigenvalue weighted by Gasteiger charge is 2.40. The maximum atomic E-state index is 11.6. The molecule has 0 bridgehead atoms. The number of hydrogen-bond acceptors (Lipinski definition) is 4. The summed E-state index contributed by atoms with van der Waals surface area (Å²) >= 11 is 0. The first kappa shape index (κ1) is 16.4. The van der Waals surface area contributed by atoms with Gasteiger partial charge in [0.2, 0.25) is 5.91 Å². The molecule has 0 aromatic carbocycles. The number of nitrogens with one attached hydrogen (secondary N) is 1. The van der Waals surface area contributed by atoms with Crippen molar-refractivity contribution in [1.82, 2.24) is 5.32 Å². The van der Waals surface area contributed by atoms with Crippen molar-refractivity contribution in [3.8, 4) is 0 Å². The molecule has 5 nitrogen and oxygen atoms in total. The molecular formula is C14H28N2O3. The molecule has 2 atom stereocenters. The van der Waals surface area contributed by atoms with Crippen LogP contribution >= 0.6 is 0 Å². The molecule has 1 aliphatic carbocycles. The lowest BCUT2D eigenvalue weighted by Gasteiger charge is -2.38. The van der Waals surface area contributed by atoms with Crippen molar-refractivity contribution in [2.75, 3.05) is 20.3 Å². The van der Waals surface area contributed by atoms with Gasteiger partial charge in [0, 0.05) is 6.42 Å². The van der Waals surface area contributed by atoms with Gasteiger partial charge in [-0.25, -0.2) is 0 Å². The minimum atomic E-state index is -0.603. The Morgan fingerprint density at radius 3 is 2.63 bits per heavy atom. The van der Waals surface area contributed by atoms with Crippen molar-refractivity contribution < 1.29 is 14.3 Å². The molecular weight excluding hydrogens is 244 g/mol. The summed E-state index contributed by atoms with van der Waals surface area (Å²) in [5.41, 5.74) is 4.76. The van der Waals surface area contributed by atoms with Crippen LogP contribution < -0.4 is 11.1 Å². The van der Waals surface area contributed by atoms with E-state index in [0.29, 0.717) is 19.6 Å². The zero-order valence-electron chi connectivity index (χ0n) is 12.6. The fourth-order valence-corrected chi connectivity index (χ4v) is 2.50. The van der Waals surface area contributed by atoms with Gasteiger partial charge in [-0.1, -0.05) is 0 Å². The molecule has 3 N–H and O–H groups in total. The third kappa shape index (κ3) is 5.09. The van der Waals surface area contributed by atoms with E-state index in [1.165, 1.54) is 0 Å². The first-order valence-corrected chi connectivity index (χ1v) is 7.03. The first-order chi connectivity index (χ1) is 8.79. The molecule has 0 saturated heterocycles. The van der Waals surface area contributed by atoms with Crippen LogP contribution in [-0.4, -0.2) is 43.4 Å². The van der Waals surface area contributed by atoms with Crippen LogP contribution in [-0.2, 0) is 14.3 Å². The Balaban J connectivity index is 2.37. The van der Waals surface area contributed by atoms with Crippen molar-refractivity contribution in [3.63, 3.8) is 0 Å². The first-order valence-electron chi connectivity index (χ1n) is 7.03. The van der Waals surface area contributed by atoms with Crippen LogP contribution in [0.1, 0.15) is 46.5 Å². The summed E-state index contributed by atoms with van der Waals surface area (Å²) in [6.45, 7) is 7.19. The van der Waals surface area contributed by atoms with Crippen molar-refractivity contribution >= 4 is 5.91 Å². The standard InChI is InChI=1S/C14H28N2O3/c1-13(2,3)19-9-8-18-11-6-5-7-14(10-11,16-4)12(15)17/h11,16H,5-10H2,1-4H3,(H2,15,17). The van der Waals surface area contributed by atoms with Crippen molar-refractivity contribution in [2.24, 2.45) is 5.73 Å². The lowest BCUT2D eigenvalue weighted by molar-refractivity contribution is -0.128. The number of hydrogen-bond donors (Lipinski definition) is 2. The number of amides is 1. The summed E-state index contributed by atoms with van der Waals surface area (Å²) in [4.78, 5) is 11.6. The SMILES string of the molecule is CNC1(C(N)=O)CCCC(OCCOC(C)(C)C)C1. The molecule has 112 valence electrons. The topological polar surface area (TPSA) is 73.6 Å². The average molecular weight is 272 g/mol. The Morgan fingerprint density at radius 1 is 1.42 bits per heavy atom. The molecule has 1 amide bonds. The van der Waals surface area contributed by atoms with Gasteiger partial charge in [-0.2, -0.15) is 0 Å². The molecule has 0 radical (unpaired) electrons. The smallest absolute Gasteiger partial charge is 0.237 e. The number of carbonyl (C=O) groups is 1. The molecule has 19 heavy (non-hydrogen) atoms. The van der Waals surface area contributed by atoms with E-state index in [1.807, 2.05) is 20.8 Å². The van der Waals surface area contributed by atoms with Crippen LogP contribution in [0.25, 0.3) is 0 Å². The van der Waals surface area contributed by atoms with Gasteiger partial charge < -0.3 is 20.5 Å². The Morgan fingerprint density at radius 2 is 2.11 bits per heavy atom. The van der Waals surface area contributed by atoms with E-state index < -0.39 is 5.54 Å². The molecule has 5 heteroatoms. The molecule has 0 heterocycles. The van der Waals surface area contributed by atoms with E-state index in [1.54, 1.807) is 7.05 Å². The minimum absolute atomic E-state index is 0.0808. The lowest BCUT2D eigenvalue weighted by atomic mass is 9.79. The predicted molar refractivity (Wildman–Crippen MR) is 74.9 cm³/mol. The maximum Gasteiger partial charge on any atom is 0.237 e. The molecule has 1 fully saturated rings. The number of ether oxygens (including phenoxy) is 2. The van der Waals surface area contributed by atoms with Crippen molar-refractivity contribution in [3.05, 3.63) is 0 Å². The summed E-state index contributed by atoms with van der Waals surface area (Å²) in [7, 11) is 1.79. The Kier molecular flexibility index (Phi) is 5.77. The number of rotatable bonds is 6. The largest absolute Gasteiger partial charge is 0.376 e. The minimum Gasteiger partial charge on any atom is -0.376 e. The fourth-order valence-electron chi connectivity index (χ4n) is 2.50. The van der Waals surface area contributed by atoms with Gasteiger partial charge in [0.25, 0.3) is 0 Å². The second-order valence-corrected chi connectivity index (χ2v) is 6.25. The zero-order chi connectivity index (χ0) is 14.5. The number of primary amides is 1. The molecule has 2 unspecified atom stereocenters. The van der Waals surface area contributed by atoms with E-state index in [2.05, 4.69) is 5.32 Å². The molecule has 1 saturated carbocycles. The van der Waals surface area contributed by atoms with Gasteiger partial charge in [-0.05, 0) is 47.1 Å². The lowest BCUT2D eigenvalue weighted by Crippen LogP contribution is -2.57. The van der Waals surface area contributed by atoms with Gasteiger partial charge in [-0.3, -0.25) is 4.79 Å². The van der Waals surface area contributed by atoms with Gasteiger partial charge in [0.1, 0.15) is 0 Å². The number of nitrogens with two attached hydrogens (primary N) is 1. The molecule has 1 aliphatic rings. The molecule has 0 spiro atoms. The third-order valence-corrected chi connectivity index (χ3v) is 3.63. The van der Waals surface area contributed by atoms with Crippen LogP contribution in [0.3, 0.4) is 0 Å². The van der Waals surface area contributed by atoms with Gasteiger partial charge in [0.15, 0.2) is 0 Å². The van der Waals surface area contributed by atoms with Crippen LogP contribution in [0.15, 0.2) is 0 Å². The third-order valence-electron chi connectivity index (χ3n) is 3.63. The van der Waals surface area contributed by atoms with Gasteiger partial charge in [0.05, 0.1) is 30.5 Å². The Hall–Kier alpha value is -0.650. The van der Waals surface area contributed by atoms with E-state index in [0.717, 1.165) is 19.3 Å². The van der Waals surface area contributed by atoms with Crippen molar-refractivity contribution in [2.45, 2.75) is 63.7 Å². The zero-order valence-corrected chi connectivity index (χ0v) is 12.6. The summed E-state index contributed by atoms with van der Waals surface area (Å²) in [5.74, 6) is -0.283. The highest BCUT2D eigenvalue weighted by Crippen LogP contribution is 2.29. The predicted octanol–water partition coefficient (Wildman–Crippen LogP) is 1.20. The highest BCUT2D eigenvalue weighted by atomic mass is 16.5. The second-order valence-electron chi connectivity index (χ2n) is 6.25. The van der Waals surface area contributed by atoms with Gasteiger partial charge >= 0.3 is 0 Å². The Labute approximate surface area is 116 Å². The molecule has 0 aromatic heterocycles. The normalized spacial score (nSPS) is 28.3. The summed E-state index contributed by atoms with van der Waals surface area (Å²) in [6, 6.07) is 0. The van der Waals surface area contributed by atoms with Crippen molar-refractivity contribution in [1.29, 1.82) is 0 Å². The maximum absolute atomic E-state index is 11.6. The highest BCUT2D eigenvalue weighted by molar-refractivity contribution is 5.84. The van der Waals surface area contributed by atoms with Crippen LogP contribution in [0.5, 0.6) is 0 Å².